The number of nitrogens with one attached hydrogen (secondary N) is 1. The van der Waals surface area contributed by atoms with E-state index in [0.717, 1.165) is 30.7 Å². The van der Waals surface area contributed by atoms with Gasteiger partial charge in [0.05, 0.1) is 0 Å². The van der Waals surface area contributed by atoms with Crippen molar-refractivity contribution in [3.63, 3.8) is 0 Å². The van der Waals surface area contributed by atoms with Gasteiger partial charge in [0.25, 0.3) is 5.91 Å². The zero-order chi connectivity index (χ0) is 14.4. The molecule has 20 heavy (non-hydrogen) atoms. The number of unbranched alkanes of at least 4 members (excludes halogenated alkanes) is 2. The number of hydrogen-bond donors (Lipinski definition) is 1. The highest BCUT2D eigenvalue weighted by molar-refractivity contribution is 7.15. The average Bonchev–Trinajstić information content (AvgIpc) is 2.86. The van der Waals surface area contributed by atoms with Crippen molar-refractivity contribution in [1.82, 2.24) is 10.2 Å². The van der Waals surface area contributed by atoms with Crippen LogP contribution < -0.4 is 5.32 Å². The Kier molecular flexibility index (Phi) is 5.17. The Morgan fingerprint density at radius 2 is 2.20 bits per heavy atom. The summed E-state index contributed by atoms with van der Waals surface area (Å²) in [7, 11) is 0. The molecule has 0 fully saturated rings. The van der Waals surface area contributed by atoms with E-state index in [4.69, 9.17) is 0 Å². The quantitative estimate of drug-likeness (QED) is 0.827. The molecule has 1 aromatic heterocycles. The minimum atomic E-state index is -0.435. The number of hydrogen-bond acceptors (Lipinski definition) is 4. The van der Waals surface area contributed by atoms with Crippen LogP contribution in [-0.2, 0) is 6.42 Å². The molecule has 0 radical (unpaired) electrons. The highest BCUT2D eigenvalue weighted by Crippen LogP contribution is 2.18. The maximum absolute atomic E-state index is 13.0. The molecule has 0 spiro atoms. The third-order valence-electron chi connectivity index (χ3n) is 2.77. The summed E-state index contributed by atoms with van der Waals surface area (Å²) in [5.41, 5.74) is 0.271. The van der Waals surface area contributed by atoms with Gasteiger partial charge in [-0.05, 0) is 24.6 Å². The molecule has 1 aromatic carbocycles. The van der Waals surface area contributed by atoms with E-state index >= 15 is 0 Å². The van der Waals surface area contributed by atoms with Crippen molar-refractivity contribution < 1.29 is 9.18 Å². The molecular weight excluding hydrogens is 277 g/mol. The summed E-state index contributed by atoms with van der Waals surface area (Å²) in [5.74, 6) is -0.809. The van der Waals surface area contributed by atoms with Crippen LogP contribution >= 0.6 is 11.3 Å². The zero-order valence-corrected chi connectivity index (χ0v) is 12.0. The van der Waals surface area contributed by atoms with Gasteiger partial charge in [0.1, 0.15) is 10.8 Å². The second kappa shape index (κ2) is 7.09. The molecule has 1 N–H and O–H groups in total. The number of amides is 1. The molecule has 0 bridgehead atoms. The summed E-state index contributed by atoms with van der Waals surface area (Å²) < 4.78 is 13.0. The van der Waals surface area contributed by atoms with Gasteiger partial charge in [-0.3, -0.25) is 10.1 Å². The monoisotopic (exact) mass is 293 g/mol. The number of nitrogens with zero attached hydrogens (tertiary/aromatic N) is 2. The van der Waals surface area contributed by atoms with Gasteiger partial charge < -0.3 is 0 Å². The normalized spacial score (nSPS) is 10.5. The van der Waals surface area contributed by atoms with Crippen LogP contribution in [0, 0.1) is 5.82 Å². The molecule has 1 amide bonds. The molecule has 0 saturated heterocycles. The van der Waals surface area contributed by atoms with Gasteiger partial charge in [-0.15, -0.1) is 10.2 Å². The van der Waals surface area contributed by atoms with Crippen molar-refractivity contribution in [2.45, 2.75) is 32.6 Å². The molecule has 2 rings (SSSR count). The Morgan fingerprint density at radius 3 is 2.95 bits per heavy atom. The Bertz CT molecular complexity index is 585. The fraction of sp³-hybridized carbons (Fsp3) is 0.357. The molecule has 0 unspecified atom stereocenters. The summed E-state index contributed by atoms with van der Waals surface area (Å²) in [5, 5.41) is 12.0. The Labute approximate surface area is 121 Å². The Morgan fingerprint density at radius 1 is 1.35 bits per heavy atom. The van der Waals surface area contributed by atoms with E-state index < -0.39 is 5.82 Å². The van der Waals surface area contributed by atoms with Crippen molar-refractivity contribution in [3.8, 4) is 0 Å². The van der Waals surface area contributed by atoms with Crippen LogP contribution in [0.5, 0.6) is 0 Å². The summed E-state index contributed by atoms with van der Waals surface area (Å²) in [6.45, 7) is 2.14. The van der Waals surface area contributed by atoms with Crippen LogP contribution in [-0.4, -0.2) is 16.1 Å². The van der Waals surface area contributed by atoms with Gasteiger partial charge in [0, 0.05) is 12.0 Å². The average molecular weight is 293 g/mol. The smallest absolute Gasteiger partial charge is 0.257 e. The predicted molar refractivity (Wildman–Crippen MR) is 77.5 cm³/mol. The van der Waals surface area contributed by atoms with Gasteiger partial charge in [-0.2, -0.15) is 0 Å². The minimum Gasteiger partial charge on any atom is -0.296 e. The molecule has 6 heteroatoms. The van der Waals surface area contributed by atoms with Gasteiger partial charge in [0.2, 0.25) is 5.13 Å². The van der Waals surface area contributed by atoms with Crippen LogP contribution in [0.4, 0.5) is 9.52 Å². The summed E-state index contributed by atoms with van der Waals surface area (Å²) in [4.78, 5) is 11.9. The second-order valence-electron chi connectivity index (χ2n) is 4.42. The minimum absolute atomic E-state index is 0.271. The number of aryl methyl sites for hydroxylation is 1. The van der Waals surface area contributed by atoms with E-state index in [0.29, 0.717) is 5.13 Å². The number of anilines is 1. The van der Waals surface area contributed by atoms with Crippen LogP contribution in [0.15, 0.2) is 24.3 Å². The van der Waals surface area contributed by atoms with E-state index in [1.807, 2.05) is 0 Å². The largest absolute Gasteiger partial charge is 0.296 e. The van der Waals surface area contributed by atoms with Gasteiger partial charge in [0.15, 0.2) is 0 Å². The van der Waals surface area contributed by atoms with Crippen molar-refractivity contribution >= 4 is 22.4 Å². The highest BCUT2D eigenvalue weighted by Gasteiger charge is 2.10. The SMILES string of the molecule is CCCCCc1nnc(NC(=O)c2cccc(F)c2)s1. The molecule has 4 nitrogen and oxygen atoms in total. The Hall–Kier alpha value is -1.82. The maximum atomic E-state index is 13.0. The molecule has 0 aliphatic rings. The molecular formula is C14H16FN3OS. The standard InChI is InChI=1S/C14H16FN3OS/c1-2-3-4-8-12-17-18-14(20-12)16-13(19)10-6-5-7-11(15)9-10/h5-7,9H,2-4,8H2,1H3,(H,16,18,19). The van der Waals surface area contributed by atoms with Crippen LogP contribution in [0.3, 0.4) is 0 Å². The first-order valence-corrected chi connectivity index (χ1v) is 7.40. The second-order valence-corrected chi connectivity index (χ2v) is 5.48. The predicted octanol–water partition coefficient (Wildman–Crippen LogP) is 3.66. The van der Waals surface area contributed by atoms with Gasteiger partial charge in [-0.1, -0.05) is 37.2 Å². The number of aromatic nitrogens is 2. The van der Waals surface area contributed by atoms with Crippen molar-refractivity contribution in [3.05, 3.63) is 40.7 Å². The van der Waals surface area contributed by atoms with E-state index in [1.165, 1.54) is 29.5 Å². The molecule has 106 valence electrons. The lowest BCUT2D eigenvalue weighted by Crippen LogP contribution is -2.11. The molecule has 2 aromatic rings. The number of rotatable bonds is 6. The number of halogens is 1. The van der Waals surface area contributed by atoms with Crippen LogP contribution in [0.1, 0.15) is 41.6 Å². The summed E-state index contributed by atoms with van der Waals surface area (Å²) in [6, 6.07) is 5.55. The molecule has 0 aliphatic heterocycles. The van der Waals surface area contributed by atoms with E-state index in [1.54, 1.807) is 6.07 Å². The number of carbonyl (C=O) groups excluding carboxylic acids is 1. The first-order chi connectivity index (χ1) is 9.69. The van der Waals surface area contributed by atoms with E-state index in [9.17, 15) is 9.18 Å². The fourth-order valence-electron chi connectivity index (χ4n) is 1.73. The van der Waals surface area contributed by atoms with Crippen molar-refractivity contribution in [2.75, 3.05) is 5.32 Å². The third-order valence-corrected chi connectivity index (χ3v) is 3.67. The lowest BCUT2D eigenvalue weighted by atomic mass is 10.2. The molecule has 0 atom stereocenters. The summed E-state index contributed by atoms with van der Waals surface area (Å²) >= 11 is 1.36. The van der Waals surface area contributed by atoms with E-state index in [-0.39, 0.29) is 11.5 Å². The maximum Gasteiger partial charge on any atom is 0.257 e. The summed E-state index contributed by atoms with van der Waals surface area (Å²) in [6.07, 6.45) is 4.26. The van der Waals surface area contributed by atoms with Crippen molar-refractivity contribution in [1.29, 1.82) is 0 Å². The van der Waals surface area contributed by atoms with E-state index in [2.05, 4.69) is 22.4 Å². The zero-order valence-electron chi connectivity index (χ0n) is 11.2. The first kappa shape index (κ1) is 14.6. The van der Waals surface area contributed by atoms with Gasteiger partial charge in [-0.25, -0.2) is 4.39 Å². The third kappa shape index (κ3) is 4.09. The van der Waals surface area contributed by atoms with Crippen LogP contribution in [0.2, 0.25) is 0 Å². The van der Waals surface area contributed by atoms with Crippen LogP contribution in [0.25, 0.3) is 0 Å². The molecule has 0 aliphatic carbocycles. The first-order valence-electron chi connectivity index (χ1n) is 6.58. The number of carbonyl (C=O) groups is 1. The lowest BCUT2D eigenvalue weighted by molar-refractivity contribution is 0.102. The highest BCUT2D eigenvalue weighted by atomic mass is 32.1. The molecule has 0 saturated carbocycles. The fourth-order valence-corrected chi connectivity index (χ4v) is 2.51. The van der Waals surface area contributed by atoms with Gasteiger partial charge >= 0.3 is 0 Å². The lowest BCUT2D eigenvalue weighted by Gasteiger charge is -2.00. The topological polar surface area (TPSA) is 54.9 Å². The number of benzene rings is 1. The Balaban J connectivity index is 1.94. The molecule has 1 heterocycles. The van der Waals surface area contributed by atoms with Crippen molar-refractivity contribution in [2.24, 2.45) is 0 Å².